The Hall–Kier alpha value is -3.15. The minimum Gasteiger partial charge on any atom is -0.497 e. The first-order chi connectivity index (χ1) is 13.1. The molecule has 0 bridgehead atoms. The normalized spacial score (nSPS) is 10.7. The highest BCUT2D eigenvalue weighted by Crippen LogP contribution is 2.15. The second-order valence-electron chi connectivity index (χ2n) is 6.34. The molecule has 3 rings (SSSR count). The molecule has 6 heteroatoms. The van der Waals surface area contributed by atoms with Crippen LogP contribution in [0, 0.1) is 0 Å². The van der Waals surface area contributed by atoms with E-state index in [0.29, 0.717) is 34.6 Å². The number of aromatic amines is 1. The number of nitrogens with one attached hydrogen (secondary N) is 1. The molecule has 1 amide bonds. The molecule has 3 aromatic rings. The molecule has 1 heterocycles. The van der Waals surface area contributed by atoms with E-state index < -0.39 is 0 Å². The third kappa shape index (κ3) is 4.34. The fourth-order valence-corrected chi connectivity index (χ4v) is 2.91. The minimum atomic E-state index is -0.192. The maximum Gasteiger partial charge on any atom is 0.258 e. The summed E-state index contributed by atoms with van der Waals surface area (Å²) < 4.78 is 5.15. The van der Waals surface area contributed by atoms with Gasteiger partial charge in [0.05, 0.1) is 24.6 Å². The van der Waals surface area contributed by atoms with Crippen molar-refractivity contribution in [2.45, 2.75) is 26.3 Å². The van der Waals surface area contributed by atoms with Gasteiger partial charge in [-0.3, -0.25) is 9.59 Å². The average Bonchev–Trinajstić information content (AvgIpc) is 2.70. The van der Waals surface area contributed by atoms with Gasteiger partial charge in [0, 0.05) is 12.1 Å². The third-order valence-electron chi connectivity index (χ3n) is 4.41. The first-order valence-electron chi connectivity index (χ1n) is 9.03. The molecule has 0 saturated carbocycles. The van der Waals surface area contributed by atoms with Crippen LogP contribution in [0.4, 0.5) is 0 Å². The number of carbonyl (C=O) groups excluding carboxylic acids is 1. The number of carbonyl (C=O) groups is 1. The molecule has 0 fully saturated rings. The van der Waals surface area contributed by atoms with Crippen LogP contribution in [0.15, 0.2) is 53.3 Å². The Kier molecular flexibility index (Phi) is 5.86. The van der Waals surface area contributed by atoms with Gasteiger partial charge >= 0.3 is 0 Å². The maximum absolute atomic E-state index is 13.0. The number of benzene rings is 2. The van der Waals surface area contributed by atoms with Crippen LogP contribution in [0.25, 0.3) is 10.9 Å². The Balaban J connectivity index is 1.88. The molecule has 0 radical (unpaired) electrons. The van der Waals surface area contributed by atoms with Crippen LogP contribution in [0.1, 0.15) is 35.9 Å². The molecule has 6 nitrogen and oxygen atoms in total. The van der Waals surface area contributed by atoms with E-state index in [-0.39, 0.29) is 18.0 Å². The molecule has 0 saturated heterocycles. The number of hydrogen-bond acceptors (Lipinski definition) is 4. The van der Waals surface area contributed by atoms with E-state index in [2.05, 4.69) is 16.9 Å². The summed E-state index contributed by atoms with van der Waals surface area (Å²) in [7, 11) is 1.59. The predicted octanol–water partition coefficient (Wildman–Crippen LogP) is 3.37. The Morgan fingerprint density at radius 1 is 1.15 bits per heavy atom. The van der Waals surface area contributed by atoms with Gasteiger partial charge in [0.15, 0.2) is 0 Å². The van der Waals surface area contributed by atoms with Crippen LogP contribution >= 0.6 is 0 Å². The van der Waals surface area contributed by atoms with Gasteiger partial charge in [0.1, 0.15) is 11.6 Å². The van der Waals surface area contributed by atoms with Crippen LogP contribution in [0.3, 0.4) is 0 Å². The number of ether oxygens (including phenoxy) is 1. The van der Waals surface area contributed by atoms with Crippen LogP contribution in [0.2, 0.25) is 0 Å². The molecule has 140 valence electrons. The van der Waals surface area contributed by atoms with Gasteiger partial charge in [0.25, 0.3) is 11.5 Å². The van der Waals surface area contributed by atoms with Crippen molar-refractivity contribution in [2.24, 2.45) is 0 Å². The molecule has 27 heavy (non-hydrogen) atoms. The Bertz CT molecular complexity index is 980. The van der Waals surface area contributed by atoms with Crippen LogP contribution in [-0.4, -0.2) is 34.4 Å². The number of aromatic nitrogens is 2. The second-order valence-corrected chi connectivity index (χ2v) is 6.34. The number of methoxy groups -OCH3 is 1. The summed E-state index contributed by atoms with van der Waals surface area (Å²) in [6, 6.07) is 14.2. The number of nitrogens with zero attached hydrogens (tertiary/aromatic N) is 2. The molecule has 0 spiro atoms. The van der Waals surface area contributed by atoms with Gasteiger partial charge in [-0.15, -0.1) is 0 Å². The lowest BCUT2D eigenvalue weighted by molar-refractivity contribution is 0.0736. The van der Waals surface area contributed by atoms with Crippen molar-refractivity contribution in [1.82, 2.24) is 14.9 Å². The van der Waals surface area contributed by atoms with E-state index in [1.807, 2.05) is 6.07 Å². The Labute approximate surface area is 157 Å². The number of unbranched alkanes of at least 4 members (excludes halogenated alkanes) is 1. The minimum absolute atomic E-state index is 0.0955. The van der Waals surface area contributed by atoms with E-state index >= 15 is 0 Å². The van der Waals surface area contributed by atoms with Crippen LogP contribution < -0.4 is 10.3 Å². The van der Waals surface area contributed by atoms with E-state index in [1.165, 1.54) is 0 Å². The Morgan fingerprint density at radius 3 is 2.59 bits per heavy atom. The highest BCUT2D eigenvalue weighted by molar-refractivity contribution is 5.94. The lowest BCUT2D eigenvalue weighted by Crippen LogP contribution is -2.33. The molecule has 1 N–H and O–H groups in total. The number of H-pyrrole nitrogens is 1. The SMILES string of the molecule is CCCCN(Cc1nc2ccccc2c(=O)[nH]1)C(=O)c1ccc(OC)cc1. The topological polar surface area (TPSA) is 75.3 Å². The monoisotopic (exact) mass is 365 g/mol. The fourth-order valence-electron chi connectivity index (χ4n) is 2.91. The van der Waals surface area contributed by atoms with Crippen molar-refractivity contribution in [3.63, 3.8) is 0 Å². The van der Waals surface area contributed by atoms with Crippen molar-refractivity contribution < 1.29 is 9.53 Å². The molecule has 0 aliphatic carbocycles. The van der Waals surface area contributed by atoms with Crippen molar-refractivity contribution in [3.05, 3.63) is 70.3 Å². The standard InChI is InChI=1S/C21H23N3O3/c1-3-4-13-24(21(26)15-9-11-16(27-2)12-10-15)14-19-22-18-8-6-5-7-17(18)20(25)23-19/h5-12H,3-4,13-14H2,1-2H3,(H,22,23,25). The van der Waals surface area contributed by atoms with Crippen molar-refractivity contribution >= 4 is 16.8 Å². The summed E-state index contributed by atoms with van der Waals surface area (Å²) in [5.74, 6) is 1.09. The summed E-state index contributed by atoms with van der Waals surface area (Å²) in [5, 5.41) is 0.544. The highest BCUT2D eigenvalue weighted by atomic mass is 16.5. The highest BCUT2D eigenvalue weighted by Gasteiger charge is 2.17. The summed E-state index contributed by atoms with van der Waals surface area (Å²) >= 11 is 0. The molecular weight excluding hydrogens is 342 g/mol. The molecule has 0 atom stereocenters. The molecule has 0 aliphatic heterocycles. The molecule has 2 aromatic carbocycles. The summed E-state index contributed by atoms with van der Waals surface area (Å²) in [5.41, 5.74) is 1.02. The maximum atomic E-state index is 13.0. The number of hydrogen-bond donors (Lipinski definition) is 1. The fraction of sp³-hybridized carbons (Fsp3) is 0.286. The smallest absolute Gasteiger partial charge is 0.258 e. The number of rotatable bonds is 7. The first kappa shape index (κ1) is 18.6. The van der Waals surface area contributed by atoms with Crippen molar-refractivity contribution in [2.75, 3.05) is 13.7 Å². The third-order valence-corrected chi connectivity index (χ3v) is 4.41. The van der Waals surface area contributed by atoms with Crippen LogP contribution in [-0.2, 0) is 6.54 Å². The second kappa shape index (κ2) is 8.49. The molecular formula is C21H23N3O3. The Morgan fingerprint density at radius 2 is 1.89 bits per heavy atom. The van der Waals surface area contributed by atoms with Crippen molar-refractivity contribution in [1.29, 1.82) is 0 Å². The number of para-hydroxylation sites is 1. The van der Waals surface area contributed by atoms with Gasteiger partial charge in [-0.2, -0.15) is 0 Å². The van der Waals surface area contributed by atoms with Gasteiger partial charge in [-0.1, -0.05) is 25.5 Å². The summed E-state index contributed by atoms with van der Waals surface area (Å²) in [4.78, 5) is 34.3. The summed E-state index contributed by atoms with van der Waals surface area (Å²) in [6.07, 6.45) is 1.84. The lowest BCUT2D eigenvalue weighted by atomic mass is 10.1. The molecule has 0 aliphatic rings. The largest absolute Gasteiger partial charge is 0.497 e. The summed E-state index contributed by atoms with van der Waals surface area (Å²) in [6.45, 7) is 2.93. The number of amides is 1. The predicted molar refractivity (Wildman–Crippen MR) is 105 cm³/mol. The lowest BCUT2D eigenvalue weighted by Gasteiger charge is -2.22. The molecule has 0 unspecified atom stereocenters. The zero-order valence-corrected chi connectivity index (χ0v) is 15.6. The molecule has 1 aromatic heterocycles. The average molecular weight is 365 g/mol. The first-order valence-corrected chi connectivity index (χ1v) is 9.03. The zero-order valence-electron chi connectivity index (χ0n) is 15.6. The van der Waals surface area contributed by atoms with Gasteiger partial charge in [-0.25, -0.2) is 4.98 Å². The van der Waals surface area contributed by atoms with Crippen molar-refractivity contribution in [3.8, 4) is 5.75 Å². The number of fused-ring (bicyclic) bond motifs is 1. The van der Waals surface area contributed by atoms with Gasteiger partial charge in [0.2, 0.25) is 0 Å². The van der Waals surface area contributed by atoms with Crippen LogP contribution in [0.5, 0.6) is 5.75 Å². The quantitative estimate of drug-likeness (QED) is 0.696. The zero-order chi connectivity index (χ0) is 19.2. The van der Waals surface area contributed by atoms with E-state index in [9.17, 15) is 9.59 Å². The van der Waals surface area contributed by atoms with E-state index in [4.69, 9.17) is 4.74 Å². The van der Waals surface area contributed by atoms with E-state index in [1.54, 1.807) is 54.5 Å². The van der Waals surface area contributed by atoms with Gasteiger partial charge in [-0.05, 0) is 42.8 Å². The van der Waals surface area contributed by atoms with E-state index in [0.717, 1.165) is 12.8 Å². The van der Waals surface area contributed by atoms with Gasteiger partial charge < -0.3 is 14.6 Å².